The minimum Gasteiger partial charge on any atom is -0.322 e. The Kier molecular flexibility index (Phi) is 5.93. The van der Waals surface area contributed by atoms with Gasteiger partial charge in [0.05, 0.1) is 15.6 Å². The maximum atomic E-state index is 12.4. The van der Waals surface area contributed by atoms with E-state index < -0.39 is 10.0 Å². The molecule has 1 amide bonds. The molecule has 0 fully saturated rings. The Morgan fingerprint density at radius 2 is 1.61 bits per heavy atom. The first-order valence-corrected chi connectivity index (χ1v) is 10.4. The molecular formula is C20H16Cl2N2O3S. The van der Waals surface area contributed by atoms with Crippen LogP contribution in [0.5, 0.6) is 0 Å². The molecule has 0 saturated carbocycles. The molecule has 3 aromatic carbocycles. The van der Waals surface area contributed by atoms with Gasteiger partial charge < -0.3 is 5.32 Å². The molecule has 5 nitrogen and oxygen atoms in total. The molecule has 0 aliphatic carbocycles. The van der Waals surface area contributed by atoms with Crippen molar-refractivity contribution in [2.45, 2.75) is 11.8 Å². The van der Waals surface area contributed by atoms with Crippen molar-refractivity contribution in [1.29, 1.82) is 0 Å². The van der Waals surface area contributed by atoms with Gasteiger partial charge in [-0.15, -0.1) is 0 Å². The molecule has 0 unspecified atom stereocenters. The number of aryl methyl sites for hydroxylation is 1. The summed E-state index contributed by atoms with van der Waals surface area (Å²) in [6.07, 6.45) is 0. The lowest BCUT2D eigenvalue weighted by atomic mass is 10.1. The van der Waals surface area contributed by atoms with Crippen LogP contribution >= 0.6 is 23.2 Å². The van der Waals surface area contributed by atoms with E-state index >= 15 is 0 Å². The molecule has 144 valence electrons. The summed E-state index contributed by atoms with van der Waals surface area (Å²) in [5.41, 5.74) is 1.91. The van der Waals surface area contributed by atoms with Gasteiger partial charge in [-0.3, -0.25) is 9.52 Å². The van der Waals surface area contributed by atoms with Crippen LogP contribution in [0.1, 0.15) is 15.9 Å². The van der Waals surface area contributed by atoms with Crippen LogP contribution in [-0.4, -0.2) is 14.3 Å². The Labute approximate surface area is 173 Å². The van der Waals surface area contributed by atoms with Crippen LogP contribution in [0.15, 0.2) is 71.6 Å². The Balaban J connectivity index is 1.78. The number of hydrogen-bond donors (Lipinski definition) is 2. The molecule has 2 N–H and O–H groups in total. The van der Waals surface area contributed by atoms with E-state index in [-0.39, 0.29) is 27.1 Å². The zero-order valence-corrected chi connectivity index (χ0v) is 17.1. The number of rotatable bonds is 5. The molecule has 0 aliphatic heterocycles. The molecule has 0 radical (unpaired) electrons. The summed E-state index contributed by atoms with van der Waals surface area (Å²) in [4.78, 5) is 12.5. The van der Waals surface area contributed by atoms with Crippen molar-refractivity contribution in [3.05, 3.63) is 87.9 Å². The highest BCUT2D eigenvalue weighted by atomic mass is 35.5. The summed E-state index contributed by atoms with van der Waals surface area (Å²) in [6, 6.07) is 17.4. The van der Waals surface area contributed by atoms with Crippen molar-refractivity contribution in [3.8, 4) is 0 Å². The fraction of sp³-hybridized carbons (Fsp3) is 0.0500. The number of sulfonamides is 1. The summed E-state index contributed by atoms with van der Waals surface area (Å²) < 4.78 is 27.2. The second kappa shape index (κ2) is 8.22. The third-order valence-electron chi connectivity index (χ3n) is 3.96. The molecule has 0 atom stereocenters. The standard InChI is InChI=1S/C20H16Cl2N2O3S/c1-13-7-9-15(12-17(13)21)23-20(25)14-8-10-19(18(22)11-14)24-28(26,27)16-5-3-2-4-6-16/h2-12,24H,1H3,(H,23,25). The van der Waals surface area contributed by atoms with E-state index in [0.717, 1.165) is 5.56 Å². The van der Waals surface area contributed by atoms with Gasteiger partial charge in [-0.2, -0.15) is 0 Å². The van der Waals surface area contributed by atoms with Gasteiger partial charge in [-0.05, 0) is 55.0 Å². The van der Waals surface area contributed by atoms with Crippen LogP contribution in [0.4, 0.5) is 11.4 Å². The fourth-order valence-corrected chi connectivity index (χ4v) is 3.98. The Morgan fingerprint density at radius 3 is 2.25 bits per heavy atom. The first-order valence-electron chi connectivity index (χ1n) is 8.21. The number of nitrogens with one attached hydrogen (secondary N) is 2. The van der Waals surface area contributed by atoms with Crippen molar-refractivity contribution in [1.82, 2.24) is 0 Å². The van der Waals surface area contributed by atoms with Gasteiger partial charge in [0.1, 0.15) is 0 Å². The smallest absolute Gasteiger partial charge is 0.261 e. The molecule has 8 heteroatoms. The summed E-state index contributed by atoms with van der Waals surface area (Å²) >= 11 is 12.3. The predicted molar refractivity (Wildman–Crippen MR) is 113 cm³/mol. The third-order valence-corrected chi connectivity index (χ3v) is 6.06. The molecule has 3 aromatic rings. The van der Waals surface area contributed by atoms with E-state index in [2.05, 4.69) is 10.0 Å². The molecule has 0 spiro atoms. The molecule has 0 aliphatic rings. The number of carbonyl (C=O) groups is 1. The minimum absolute atomic E-state index is 0.106. The van der Waals surface area contributed by atoms with Crippen molar-refractivity contribution < 1.29 is 13.2 Å². The van der Waals surface area contributed by atoms with Crippen molar-refractivity contribution in [3.63, 3.8) is 0 Å². The first kappa shape index (κ1) is 20.2. The SMILES string of the molecule is Cc1ccc(NC(=O)c2ccc(NS(=O)(=O)c3ccccc3)c(Cl)c2)cc1Cl. The predicted octanol–water partition coefficient (Wildman–Crippen LogP) is 5.35. The molecule has 3 rings (SSSR count). The topological polar surface area (TPSA) is 75.3 Å². The van der Waals surface area contributed by atoms with Gasteiger partial charge >= 0.3 is 0 Å². The van der Waals surface area contributed by atoms with E-state index in [1.807, 2.05) is 6.92 Å². The number of halogens is 2. The molecule has 0 heterocycles. The first-order chi connectivity index (χ1) is 13.3. The van der Waals surface area contributed by atoms with Crippen LogP contribution in [-0.2, 0) is 10.0 Å². The molecule has 0 bridgehead atoms. The van der Waals surface area contributed by atoms with E-state index in [1.54, 1.807) is 36.4 Å². The van der Waals surface area contributed by atoms with Gasteiger partial charge in [0, 0.05) is 16.3 Å². The lowest BCUT2D eigenvalue weighted by molar-refractivity contribution is 0.102. The molecule has 0 aromatic heterocycles. The van der Waals surface area contributed by atoms with Crippen LogP contribution in [0.3, 0.4) is 0 Å². The molecular weight excluding hydrogens is 419 g/mol. The van der Waals surface area contributed by atoms with Gasteiger partial charge in [0.15, 0.2) is 0 Å². The Morgan fingerprint density at radius 1 is 0.893 bits per heavy atom. The number of anilines is 2. The van der Waals surface area contributed by atoms with Crippen LogP contribution in [0.2, 0.25) is 10.0 Å². The van der Waals surface area contributed by atoms with E-state index in [9.17, 15) is 13.2 Å². The van der Waals surface area contributed by atoms with Gasteiger partial charge in [0.25, 0.3) is 15.9 Å². The molecule has 28 heavy (non-hydrogen) atoms. The maximum Gasteiger partial charge on any atom is 0.261 e. The zero-order chi connectivity index (χ0) is 20.3. The number of benzene rings is 3. The monoisotopic (exact) mass is 434 g/mol. The lowest BCUT2D eigenvalue weighted by Gasteiger charge is -2.11. The van der Waals surface area contributed by atoms with Crippen molar-refractivity contribution in [2.75, 3.05) is 10.0 Å². The second-order valence-electron chi connectivity index (χ2n) is 6.03. The average molecular weight is 435 g/mol. The highest BCUT2D eigenvalue weighted by Crippen LogP contribution is 2.27. The van der Waals surface area contributed by atoms with Gasteiger partial charge in [-0.1, -0.05) is 47.5 Å². The average Bonchev–Trinajstić information content (AvgIpc) is 2.67. The van der Waals surface area contributed by atoms with E-state index in [4.69, 9.17) is 23.2 Å². The maximum absolute atomic E-state index is 12.4. The minimum atomic E-state index is -3.78. The zero-order valence-electron chi connectivity index (χ0n) is 14.7. The van der Waals surface area contributed by atoms with Crippen molar-refractivity contribution >= 4 is 50.5 Å². The normalized spacial score (nSPS) is 11.1. The summed E-state index contributed by atoms with van der Waals surface area (Å²) in [5, 5.41) is 3.38. The Hall–Kier alpha value is -2.54. The highest BCUT2D eigenvalue weighted by molar-refractivity contribution is 7.92. The second-order valence-corrected chi connectivity index (χ2v) is 8.53. The number of amides is 1. The quantitative estimate of drug-likeness (QED) is 0.567. The third kappa shape index (κ3) is 4.65. The van der Waals surface area contributed by atoms with Gasteiger partial charge in [0.2, 0.25) is 0 Å². The Bertz CT molecular complexity index is 1130. The van der Waals surface area contributed by atoms with E-state index in [0.29, 0.717) is 10.7 Å². The lowest BCUT2D eigenvalue weighted by Crippen LogP contribution is -2.14. The van der Waals surface area contributed by atoms with Gasteiger partial charge in [-0.25, -0.2) is 8.42 Å². The highest BCUT2D eigenvalue weighted by Gasteiger charge is 2.16. The number of carbonyl (C=O) groups excluding carboxylic acids is 1. The molecule has 0 saturated heterocycles. The summed E-state index contributed by atoms with van der Waals surface area (Å²) in [7, 11) is -3.78. The van der Waals surface area contributed by atoms with Crippen LogP contribution in [0.25, 0.3) is 0 Å². The fourth-order valence-electron chi connectivity index (χ4n) is 2.42. The largest absolute Gasteiger partial charge is 0.322 e. The number of hydrogen-bond acceptors (Lipinski definition) is 3. The van der Waals surface area contributed by atoms with E-state index in [1.165, 1.54) is 30.3 Å². The van der Waals surface area contributed by atoms with Crippen LogP contribution in [0, 0.1) is 6.92 Å². The van der Waals surface area contributed by atoms with Crippen LogP contribution < -0.4 is 10.0 Å². The summed E-state index contributed by atoms with van der Waals surface area (Å²) in [6.45, 7) is 1.86. The summed E-state index contributed by atoms with van der Waals surface area (Å²) in [5.74, 6) is -0.390. The van der Waals surface area contributed by atoms with Crippen molar-refractivity contribution in [2.24, 2.45) is 0 Å².